The number of aromatic nitrogens is 2. The number of carbonyl (C=O) groups excluding carboxylic acids is 1. The molecule has 0 saturated heterocycles. The van der Waals surface area contributed by atoms with E-state index in [1.54, 1.807) is 12.1 Å². The molecule has 3 aromatic rings. The molecule has 27 heavy (non-hydrogen) atoms. The molecule has 7 heteroatoms. The lowest BCUT2D eigenvalue weighted by Crippen LogP contribution is -2.13. The normalized spacial score (nSPS) is 10.7. The molecule has 0 unspecified atom stereocenters. The Bertz CT molecular complexity index is 952. The van der Waals surface area contributed by atoms with E-state index < -0.39 is 0 Å². The highest BCUT2D eigenvalue weighted by atomic mass is 35.5. The van der Waals surface area contributed by atoms with Crippen LogP contribution in [0.3, 0.4) is 0 Å². The molecule has 3 rings (SSSR count). The molecular formula is C20H20ClN3O3. The molecule has 0 bridgehead atoms. The predicted molar refractivity (Wildman–Crippen MR) is 104 cm³/mol. The first-order valence-corrected chi connectivity index (χ1v) is 8.87. The van der Waals surface area contributed by atoms with Crippen molar-refractivity contribution < 1.29 is 14.1 Å². The van der Waals surface area contributed by atoms with Gasteiger partial charge in [0.1, 0.15) is 5.75 Å². The summed E-state index contributed by atoms with van der Waals surface area (Å²) in [6.45, 7) is 3.88. The Morgan fingerprint density at radius 3 is 2.67 bits per heavy atom. The van der Waals surface area contributed by atoms with Crippen LogP contribution in [0.15, 0.2) is 40.9 Å². The van der Waals surface area contributed by atoms with Crippen LogP contribution in [0, 0.1) is 13.8 Å². The summed E-state index contributed by atoms with van der Waals surface area (Å²) in [6.07, 6.45) is 0.555. The van der Waals surface area contributed by atoms with Crippen LogP contribution in [0.5, 0.6) is 5.75 Å². The summed E-state index contributed by atoms with van der Waals surface area (Å²) in [6, 6.07) is 11.3. The van der Waals surface area contributed by atoms with E-state index in [0.29, 0.717) is 34.6 Å². The SMILES string of the molecule is COc1cc(Cl)c(C)cc1NC(=O)CCc1nc(-c2ccc(C)cc2)no1. The van der Waals surface area contributed by atoms with Crippen molar-refractivity contribution in [2.75, 3.05) is 12.4 Å². The summed E-state index contributed by atoms with van der Waals surface area (Å²) in [4.78, 5) is 16.6. The second-order valence-corrected chi connectivity index (χ2v) is 6.63. The summed E-state index contributed by atoms with van der Waals surface area (Å²) < 4.78 is 10.5. The van der Waals surface area contributed by atoms with Crippen LogP contribution in [-0.2, 0) is 11.2 Å². The van der Waals surface area contributed by atoms with E-state index in [9.17, 15) is 4.79 Å². The molecule has 0 atom stereocenters. The van der Waals surface area contributed by atoms with E-state index in [2.05, 4.69) is 15.5 Å². The molecule has 140 valence electrons. The molecule has 1 amide bonds. The number of ether oxygens (including phenoxy) is 1. The summed E-state index contributed by atoms with van der Waals surface area (Å²) in [5, 5.41) is 7.39. The van der Waals surface area contributed by atoms with E-state index >= 15 is 0 Å². The van der Waals surface area contributed by atoms with Gasteiger partial charge in [-0.25, -0.2) is 0 Å². The first-order chi connectivity index (χ1) is 13.0. The number of aryl methyl sites for hydroxylation is 3. The van der Waals surface area contributed by atoms with Crippen molar-refractivity contribution in [3.63, 3.8) is 0 Å². The second kappa shape index (κ2) is 8.22. The standard InChI is InChI=1S/C20H20ClN3O3/c1-12-4-6-14(7-5-12)20-23-19(27-24-20)9-8-18(25)22-16-10-13(2)15(21)11-17(16)26-3/h4-7,10-11H,8-9H2,1-3H3,(H,22,25). The van der Waals surface area contributed by atoms with Crippen LogP contribution in [0.25, 0.3) is 11.4 Å². The molecule has 0 aliphatic heterocycles. The smallest absolute Gasteiger partial charge is 0.227 e. The largest absolute Gasteiger partial charge is 0.495 e. The third-order valence-electron chi connectivity index (χ3n) is 4.10. The molecule has 2 aromatic carbocycles. The van der Waals surface area contributed by atoms with Gasteiger partial charge in [-0.2, -0.15) is 4.98 Å². The number of benzene rings is 2. The Morgan fingerprint density at radius 2 is 1.96 bits per heavy atom. The Balaban J connectivity index is 1.62. The number of nitrogens with zero attached hydrogens (tertiary/aromatic N) is 2. The van der Waals surface area contributed by atoms with Crippen molar-refractivity contribution >= 4 is 23.2 Å². The second-order valence-electron chi connectivity index (χ2n) is 6.23. The highest BCUT2D eigenvalue weighted by Gasteiger charge is 2.13. The van der Waals surface area contributed by atoms with Gasteiger partial charge in [0.25, 0.3) is 0 Å². The van der Waals surface area contributed by atoms with Crippen LogP contribution in [0.1, 0.15) is 23.4 Å². The molecule has 1 N–H and O–H groups in total. The first kappa shape index (κ1) is 18.9. The predicted octanol–water partition coefficient (Wildman–Crippen LogP) is 4.59. The van der Waals surface area contributed by atoms with Gasteiger partial charge in [-0.05, 0) is 25.5 Å². The van der Waals surface area contributed by atoms with Gasteiger partial charge in [0.05, 0.1) is 12.8 Å². The minimum atomic E-state index is -0.176. The van der Waals surface area contributed by atoms with Gasteiger partial charge in [-0.15, -0.1) is 0 Å². The van der Waals surface area contributed by atoms with Crippen molar-refractivity contribution in [2.24, 2.45) is 0 Å². The molecule has 0 aliphatic carbocycles. The van der Waals surface area contributed by atoms with Gasteiger partial charge in [0.2, 0.25) is 17.6 Å². The lowest BCUT2D eigenvalue weighted by atomic mass is 10.1. The monoisotopic (exact) mass is 385 g/mol. The number of anilines is 1. The topological polar surface area (TPSA) is 77.2 Å². The van der Waals surface area contributed by atoms with Gasteiger partial charge in [0, 0.05) is 29.5 Å². The molecule has 0 spiro atoms. The van der Waals surface area contributed by atoms with E-state index in [-0.39, 0.29) is 12.3 Å². The van der Waals surface area contributed by atoms with Crippen LogP contribution < -0.4 is 10.1 Å². The molecular weight excluding hydrogens is 366 g/mol. The number of methoxy groups -OCH3 is 1. The van der Waals surface area contributed by atoms with Crippen molar-refractivity contribution in [1.29, 1.82) is 0 Å². The zero-order chi connectivity index (χ0) is 19.4. The van der Waals surface area contributed by atoms with E-state index in [0.717, 1.165) is 16.7 Å². The maximum atomic E-state index is 12.3. The third-order valence-corrected chi connectivity index (χ3v) is 4.51. The summed E-state index contributed by atoms with van der Waals surface area (Å²) >= 11 is 6.08. The van der Waals surface area contributed by atoms with Crippen molar-refractivity contribution in [2.45, 2.75) is 26.7 Å². The van der Waals surface area contributed by atoms with Crippen molar-refractivity contribution in [3.8, 4) is 17.1 Å². The van der Waals surface area contributed by atoms with Gasteiger partial charge in [-0.1, -0.05) is 46.6 Å². The Hall–Kier alpha value is -2.86. The van der Waals surface area contributed by atoms with Crippen molar-refractivity contribution in [1.82, 2.24) is 10.1 Å². The van der Waals surface area contributed by atoms with E-state index in [4.69, 9.17) is 20.9 Å². The number of nitrogens with one attached hydrogen (secondary N) is 1. The van der Waals surface area contributed by atoms with Gasteiger partial charge in [0.15, 0.2) is 0 Å². The fourth-order valence-corrected chi connectivity index (χ4v) is 2.69. The average molecular weight is 386 g/mol. The number of amides is 1. The van der Waals surface area contributed by atoms with E-state index in [1.807, 2.05) is 38.1 Å². The minimum absolute atomic E-state index is 0.176. The summed E-state index contributed by atoms with van der Waals surface area (Å²) in [5.41, 5.74) is 3.47. The zero-order valence-corrected chi connectivity index (χ0v) is 16.1. The summed E-state index contributed by atoms with van der Waals surface area (Å²) in [7, 11) is 1.53. The molecule has 0 saturated carbocycles. The molecule has 1 aromatic heterocycles. The lowest BCUT2D eigenvalue weighted by Gasteiger charge is -2.12. The number of rotatable bonds is 6. The molecule has 6 nitrogen and oxygen atoms in total. The summed E-state index contributed by atoms with van der Waals surface area (Å²) in [5.74, 6) is 1.27. The number of hydrogen-bond acceptors (Lipinski definition) is 5. The maximum absolute atomic E-state index is 12.3. The quantitative estimate of drug-likeness (QED) is 0.671. The fourth-order valence-electron chi connectivity index (χ4n) is 2.54. The van der Waals surface area contributed by atoms with Gasteiger partial charge >= 0.3 is 0 Å². The average Bonchev–Trinajstić information content (AvgIpc) is 3.12. The van der Waals surface area contributed by atoms with Crippen LogP contribution in [0.4, 0.5) is 5.69 Å². The highest BCUT2D eigenvalue weighted by Crippen LogP contribution is 2.31. The molecule has 0 fully saturated rings. The minimum Gasteiger partial charge on any atom is -0.495 e. The Morgan fingerprint density at radius 1 is 1.22 bits per heavy atom. The van der Waals surface area contributed by atoms with Crippen molar-refractivity contribution in [3.05, 3.63) is 58.4 Å². The van der Waals surface area contributed by atoms with Crippen LogP contribution in [0.2, 0.25) is 5.02 Å². The van der Waals surface area contributed by atoms with Gasteiger partial charge in [-0.3, -0.25) is 4.79 Å². The van der Waals surface area contributed by atoms with Crippen LogP contribution in [-0.4, -0.2) is 23.2 Å². The lowest BCUT2D eigenvalue weighted by molar-refractivity contribution is -0.116. The third kappa shape index (κ3) is 4.65. The van der Waals surface area contributed by atoms with Gasteiger partial charge < -0.3 is 14.6 Å². The fraction of sp³-hybridized carbons (Fsp3) is 0.250. The Labute approximate surface area is 162 Å². The van der Waals surface area contributed by atoms with Crippen LogP contribution >= 0.6 is 11.6 Å². The number of carbonyl (C=O) groups is 1. The molecule has 0 radical (unpaired) electrons. The number of hydrogen-bond donors (Lipinski definition) is 1. The zero-order valence-electron chi connectivity index (χ0n) is 15.4. The highest BCUT2D eigenvalue weighted by molar-refractivity contribution is 6.31. The first-order valence-electron chi connectivity index (χ1n) is 8.50. The van der Waals surface area contributed by atoms with E-state index in [1.165, 1.54) is 7.11 Å². The molecule has 1 heterocycles. The maximum Gasteiger partial charge on any atom is 0.227 e. The Kier molecular flexibility index (Phi) is 5.76. The molecule has 0 aliphatic rings. The number of halogens is 1.